The van der Waals surface area contributed by atoms with Gasteiger partial charge in [-0.15, -0.1) is 0 Å². The van der Waals surface area contributed by atoms with Gasteiger partial charge in [-0.3, -0.25) is 0 Å². The van der Waals surface area contributed by atoms with Crippen molar-refractivity contribution >= 4 is 0 Å². The Labute approximate surface area is 111 Å². The van der Waals surface area contributed by atoms with Crippen LogP contribution in [0, 0.1) is 18.7 Å². The molecule has 1 N–H and O–H groups in total. The topological polar surface area (TPSA) is 12.0 Å². The third-order valence-electron chi connectivity index (χ3n) is 3.20. The molecule has 1 nitrogen and oxygen atoms in total. The summed E-state index contributed by atoms with van der Waals surface area (Å²) in [5.41, 5.74) is 2.49. The molecule has 0 amide bonds. The fourth-order valence-electron chi connectivity index (χ4n) is 1.89. The SMILES string of the molecule is Cc1ccc(F)cc1CCC(C)CNC(C)(C)C. The minimum Gasteiger partial charge on any atom is -0.312 e. The van der Waals surface area contributed by atoms with Crippen LogP contribution in [-0.4, -0.2) is 12.1 Å². The second kappa shape index (κ2) is 6.33. The molecule has 0 radical (unpaired) electrons. The third-order valence-corrected chi connectivity index (χ3v) is 3.20. The van der Waals surface area contributed by atoms with Gasteiger partial charge in [-0.1, -0.05) is 13.0 Å². The zero-order chi connectivity index (χ0) is 13.8. The Hall–Kier alpha value is -0.890. The molecule has 0 aliphatic rings. The van der Waals surface area contributed by atoms with E-state index in [9.17, 15) is 4.39 Å². The maximum Gasteiger partial charge on any atom is 0.123 e. The minimum atomic E-state index is -0.129. The molecule has 1 aromatic carbocycles. The number of hydrogen-bond acceptors (Lipinski definition) is 1. The van der Waals surface area contributed by atoms with Crippen molar-refractivity contribution in [2.75, 3.05) is 6.54 Å². The van der Waals surface area contributed by atoms with Crippen LogP contribution in [-0.2, 0) is 6.42 Å². The van der Waals surface area contributed by atoms with E-state index in [1.54, 1.807) is 6.07 Å². The second-order valence-corrected chi connectivity index (χ2v) is 6.35. The third kappa shape index (κ3) is 5.63. The maximum atomic E-state index is 13.2. The summed E-state index contributed by atoms with van der Waals surface area (Å²) in [5, 5.41) is 3.51. The van der Waals surface area contributed by atoms with Gasteiger partial charge in [0, 0.05) is 5.54 Å². The van der Waals surface area contributed by atoms with Crippen molar-refractivity contribution in [2.24, 2.45) is 5.92 Å². The lowest BCUT2D eigenvalue weighted by molar-refractivity contribution is 0.372. The molecule has 0 spiro atoms. The van der Waals surface area contributed by atoms with E-state index in [-0.39, 0.29) is 11.4 Å². The van der Waals surface area contributed by atoms with Gasteiger partial charge in [-0.25, -0.2) is 4.39 Å². The molecule has 0 fully saturated rings. The first-order valence-corrected chi connectivity index (χ1v) is 6.78. The summed E-state index contributed by atoms with van der Waals surface area (Å²) >= 11 is 0. The zero-order valence-corrected chi connectivity index (χ0v) is 12.3. The van der Waals surface area contributed by atoms with Crippen molar-refractivity contribution in [3.8, 4) is 0 Å². The zero-order valence-electron chi connectivity index (χ0n) is 12.3. The lowest BCUT2D eigenvalue weighted by atomic mass is 9.97. The molecule has 0 aliphatic carbocycles. The van der Waals surface area contributed by atoms with Crippen LogP contribution < -0.4 is 5.32 Å². The number of rotatable bonds is 5. The first kappa shape index (κ1) is 15.2. The molecule has 102 valence electrons. The predicted molar refractivity (Wildman–Crippen MR) is 76.4 cm³/mol. The van der Waals surface area contributed by atoms with E-state index in [1.807, 2.05) is 13.0 Å². The van der Waals surface area contributed by atoms with E-state index in [0.717, 1.165) is 24.9 Å². The summed E-state index contributed by atoms with van der Waals surface area (Å²) in [6, 6.07) is 5.06. The molecule has 1 aromatic rings. The highest BCUT2D eigenvalue weighted by Gasteiger charge is 2.11. The van der Waals surface area contributed by atoms with E-state index in [2.05, 4.69) is 33.0 Å². The molecule has 18 heavy (non-hydrogen) atoms. The fraction of sp³-hybridized carbons (Fsp3) is 0.625. The van der Waals surface area contributed by atoms with Crippen LogP contribution in [0.5, 0.6) is 0 Å². The smallest absolute Gasteiger partial charge is 0.123 e. The number of halogens is 1. The van der Waals surface area contributed by atoms with Gasteiger partial charge in [0.1, 0.15) is 5.82 Å². The fourth-order valence-corrected chi connectivity index (χ4v) is 1.89. The predicted octanol–water partition coefficient (Wildman–Crippen LogP) is 4.09. The van der Waals surface area contributed by atoms with Crippen LogP contribution in [0.15, 0.2) is 18.2 Å². The van der Waals surface area contributed by atoms with Crippen LogP contribution in [0.1, 0.15) is 45.2 Å². The largest absolute Gasteiger partial charge is 0.312 e. The molecule has 0 aliphatic heterocycles. The summed E-state index contributed by atoms with van der Waals surface area (Å²) in [4.78, 5) is 0. The minimum absolute atomic E-state index is 0.129. The molecule has 0 saturated carbocycles. The van der Waals surface area contributed by atoms with Crippen LogP contribution >= 0.6 is 0 Å². The van der Waals surface area contributed by atoms with Crippen LogP contribution in [0.3, 0.4) is 0 Å². The van der Waals surface area contributed by atoms with Crippen molar-refractivity contribution in [3.05, 3.63) is 35.1 Å². The average molecular weight is 251 g/mol. The van der Waals surface area contributed by atoms with Gasteiger partial charge in [0.2, 0.25) is 0 Å². The summed E-state index contributed by atoms with van der Waals surface area (Å²) in [7, 11) is 0. The monoisotopic (exact) mass is 251 g/mol. The highest BCUT2D eigenvalue weighted by atomic mass is 19.1. The standard InChI is InChI=1S/C16H26FN/c1-12(11-18-16(3,4)5)6-8-14-10-15(17)9-7-13(14)2/h7,9-10,12,18H,6,8,11H2,1-5H3. The average Bonchev–Trinajstić information content (AvgIpc) is 2.26. The molecule has 0 heterocycles. The molecule has 1 unspecified atom stereocenters. The molecule has 0 saturated heterocycles. The van der Waals surface area contributed by atoms with Gasteiger partial charge < -0.3 is 5.32 Å². The highest BCUT2D eigenvalue weighted by molar-refractivity contribution is 5.26. The molecular formula is C16H26FN. The Balaban J connectivity index is 2.42. The first-order valence-electron chi connectivity index (χ1n) is 6.78. The Morgan fingerprint density at radius 1 is 1.28 bits per heavy atom. The van der Waals surface area contributed by atoms with E-state index in [4.69, 9.17) is 0 Å². The van der Waals surface area contributed by atoms with Crippen LogP contribution in [0.2, 0.25) is 0 Å². The van der Waals surface area contributed by atoms with Crippen molar-refractivity contribution in [1.82, 2.24) is 5.32 Å². The van der Waals surface area contributed by atoms with Crippen LogP contribution in [0.4, 0.5) is 4.39 Å². The van der Waals surface area contributed by atoms with Gasteiger partial charge in [-0.2, -0.15) is 0 Å². The summed E-state index contributed by atoms with van der Waals surface area (Å²) in [5.74, 6) is 0.475. The number of hydrogen-bond donors (Lipinski definition) is 1. The normalized spacial score (nSPS) is 13.7. The van der Waals surface area contributed by atoms with Gasteiger partial charge in [0.15, 0.2) is 0 Å². The molecular weight excluding hydrogens is 225 g/mol. The van der Waals surface area contributed by atoms with Gasteiger partial charge in [0.25, 0.3) is 0 Å². The van der Waals surface area contributed by atoms with E-state index in [0.29, 0.717) is 5.92 Å². The van der Waals surface area contributed by atoms with E-state index >= 15 is 0 Å². The molecule has 1 atom stereocenters. The van der Waals surface area contributed by atoms with Crippen molar-refractivity contribution in [3.63, 3.8) is 0 Å². The molecule has 2 heteroatoms. The number of nitrogens with one attached hydrogen (secondary N) is 1. The summed E-state index contributed by atoms with van der Waals surface area (Å²) < 4.78 is 13.2. The van der Waals surface area contributed by atoms with Crippen molar-refractivity contribution < 1.29 is 4.39 Å². The Morgan fingerprint density at radius 2 is 1.94 bits per heavy atom. The van der Waals surface area contributed by atoms with Gasteiger partial charge in [-0.05, 0) is 76.3 Å². The van der Waals surface area contributed by atoms with E-state index < -0.39 is 0 Å². The molecule has 0 aromatic heterocycles. The van der Waals surface area contributed by atoms with Gasteiger partial charge >= 0.3 is 0 Å². The first-order chi connectivity index (χ1) is 8.28. The Bertz CT molecular complexity index is 379. The highest BCUT2D eigenvalue weighted by Crippen LogP contribution is 2.15. The van der Waals surface area contributed by atoms with Crippen LogP contribution in [0.25, 0.3) is 0 Å². The Morgan fingerprint density at radius 3 is 2.56 bits per heavy atom. The Kier molecular flexibility index (Phi) is 5.33. The summed E-state index contributed by atoms with van der Waals surface area (Å²) in [6.07, 6.45) is 2.05. The summed E-state index contributed by atoms with van der Waals surface area (Å²) in [6.45, 7) is 11.8. The lowest BCUT2D eigenvalue weighted by Gasteiger charge is -2.23. The lowest BCUT2D eigenvalue weighted by Crippen LogP contribution is -2.38. The van der Waals surface area contributed by atoms with Gasteiger partial charge in [0.05, 0.1) is 0 Å². The molecule has 0 bridgehead atoms. The quantitative estimate of drug-likeness (QED) is 0.831. The van der Waals surface area contributed by atoms with Crippen molar-refractivity contribution in [2.45, 2.75) is 53.0 Å². The molecule has 1 rings (SSSR count). The van der Waals surface area contributed by atoms with E-state index in [1.165, 1.54) is 11.6 Å². The number of aryl methyl sites for hydroxylation is 2. The number of benzene rings is 1. The maximum absolute atomic E-state index is 13.2. The second-order valence-electron chi connectivity index (χ2n) is 6.35. The van der Waals surface area contributed by atoms with Crippen molar-refractivity contribution in [1.29, 1.82) is 0 Å².